The number of hydrogen-bond acceptors (Lipinski definition) is 4. The lowest BCUT2D eigenvalue weighted by molar-refractivity contribution is -0.117. The fraction of sp³-hybridized carbons (Fsp3) is 0.500. The van der Waals surface area contributed by atoms with Crippen molar-refractivity contribution in [3.63, 3.8) is 0 Å². The second kappa shape index (κ2) is 7.25. The molecule has 1 aromatic rings. The van der Waals surface area contributed by atoms with Gasteiger partial charge in [0.15, 0.2) is 15.0 Å². The van der Waals surface area contributed by atoms with E-state index in [1.165, 1.54) is 23.9 Å². The zero-order valence-electron chi connectivity index (χ0n) is 13.6. The molecular formula is C16H18ClFN2O3S2. The van der Waals surface area contributed by atoms with Gasteiger partial charge >= 0.3 is 0 Å². The molecule has 0 bridgehead atoms. The van der Waals surface area contributed by atoms with Gasteiger partial charge in [-0.15, -0.1) is 0 Å². The SMILES string of the molecule is CCCCC(=O)N=C1S[C@H]2CS(=O)(=O)C[C@@H]2N1c1ccc(Cl)c(F)c1. The van der Waals surface area contributed by atoms with Crippen molar-refractivity contribution in [3.8, 4) is 0 Å². The number of fused-ring (bicyclic) bond motifs is 1. The fourth-order valence-electron chi connectivity index (χ4n) is 2.99. The standard InChI is InChI=1S/C16H18ClFN2O3S2/c1-2-3-4-15(21)19-16-20(10-5-6-11(17)12(18)7-10)13-8-25(22,23)9-14(13)24-16/h5-7,13-14H,2-4,8-9H2,1H3/t13-,14-/m0/s1. The molecule has 0 aliphatic carbocycles. The smallest absolute Gasteiger partial charge is 0.248 e. The van der Waals surface area contributed by atoms with E-state index < -0.39 is 15.7 Å². The molecule has 0 aromatic heterocycles. The molecule has 0 radical (unpaired) electrons. The summed E-state index contributed by atoms with van der Waals surface area (Å²) < 4.78 is 37.8. The van der Waals surface area contributed by atoms with Gasteiger partial charge in [-0.2, -0.15) is 4.99 Å². The first kappa shape index (κ1) is 18.7. The Balaban J connectivity index is 1.96. The van der Waals surface area contributed by atoms with Crippen molar-refractivity contribution in [2.24, 2.45) is 4.99 Å². The summed E-state index contributed by atoms with van der Waals surface area (Å²) in [5.41, 5.74) is 0.459. The van der Waals surface area contributed by atoms with E-state index in [1.54, 1.807) is 11.0 Å². The van der Waals surface area contributed by atoms with Crippen molar-refractivity contribution in [1.29, 1.82) is 0 Å². The largest absolute Gasteiger partial charge is 0.315 e. The molecule has 1 aromatic carbocycles. The molecule has 2 saturated heterocycles. The summed E-state index contributed by atoms with van der Waals surface area (Å²) in [5.74, 6) is -0.828. The van der Waals surface area contributed by atoms with E-state index >= 15 is 0 Å². The summed E-state index contributed by atoms with van der Waals surface area (Å²) in [6, 6.07) is 3.94. The van der Waals surface area contributed by atoms with E-state index in [1.807, 2.05) is 6.92 Å². The molecule has 2 aliphatic heterocycles. The summed E-state index contributed by atoms with van der Waals surface area (Å²) in [5, 5.41) is 0.220. The van der Waals surface area contributed by atoms with Crippen LogP contribution in [0.1, 0.15) is 26.2 Å². The number of carbonyl (C=O) groups is 1. The van der Waals surface area contributed by atoms with Crippen LogP contribution >= 0.6 is 23.4 Å². The zero-order valence-corrected chi connectivity index (χ0v) is 16.0. The predicted octanol–water partition coefficient (Wildman–Crippen LogP) is 3.27. The van der Waals surface area contributed by atoms with Crippen molar-refractivity contribution in [3.05, 3.63) is 29.0 Å². The van der Waals surface area contributed by atoms with Crippen LogP contribution in [0.5, 0.6) is 0 Å². The third kappa shape index (κ3) is 4.01. The van der Waals surface area contributed by atoms with Gasteiger partial charge in [0.25, 0.3) is 0 Å². The van der Waals surface area contributed by atoms with E-state index in [2.05, 4.69) is 4.99 Å². The average molecular weight is 405 g/mol. The Morgan fingerprint density at radius 3 is 2.88 bits per heavy atom. The highest BCUT2D eigenvalue weighted by Gasteiger charge is 2.49. The van der Waals surface area contributed by atoms with Gasteiger partial charge in [0.05, 0.1) is 22.6 Å². The molecule has 1 amide bonds. The van der Waals surface area contributed by atoms with Crippen LogP contribution in [0, 0.1) is 5.82 Å². The molecule has 9 heteroatoms. The number of amidine groups is 1. The number of benzene rings is 1. The number of carbonyl (C=O) groups excluding carboxylic acids is 1. The van der Waals surface area contributed by atoms with Crippen LogP contribution in [-0.4, -0.2) is 42.3 Å². The molecule has 0 N–H and O–H groups in total. The normalized spacial score (nSPS) is 26.2. The lowest BCUT2D eigenvalue weighted by Crippen LogP contribution is -2.37. The predicted molar refractivity (Wildman–Crippen MR) is 99.7 cm³/mol. The Labute approximate surface area is 155 Å². The number of sulfone groups is 1. The van der Waals surface area contributed by atoms with Crippen molar-refractivity contribution < 1.29 is 17.6 Å². The third-order valence-corrected chi connectivity index (χ3v) is 7.73. The molecule has 3 rings (SSSR count). The first-order valence-corrected chi connectivity index (χ1v) is 11.1. The summed E-state index contributed by atoms with van der Waals surface area (Å²) in [4.78, 5) is 17.9. The van der Waals surface area contributed by atoms with Gasteiger partial charge in [-0.3, -0.25) is 4.79 Å². The Hall–Kier alpha value is -1.12. The maximum absolute atomic E-state index is 13.9. The Kier molecular flexibility index (Phi) is 5.41. The molecule has 2 heterocycles. The van der Waals surface area contributed by atoms with Crippen molar-refractivity contribution in [2.75, 3.05) is 16.4 Å². The summed E-state index contributed by atoms with van der Waals surface area (Å²) >= 11 is 7.02. The van der Waals surface area contributed by atoms with Crippen LogP contribution in [0.2, 0.25) is 5.02 Å². The zero-order chi connectivity index (χ0) is 18.2. The van der Waals surface area contributed by atoms with E-state index in [0.29, 0.717) is 17.3 Å². The Bertz CT molecular complexity index is 829. The highest BCUT2D eigenvalue weighted by molar-refractivity contribution is 8.16. The van der Waals surface area contributed by atoms with E-state index in [9.17, 15) is 17.6 Å². The van der Waals surface area contributed by atoms with Crippen LogP contribution in [0.4, 0.5) is 10.1 Å². The molecular weight excluding hydrogens is 387 g/mol. The molecule has 0 spiro atoms. The Morgan fingerprint density at radius 2 is 2.20 bits per heavy atom. The maximum Gasteiger partial charge on any atom is 0.248 e. The van der Waals surface area contributed by atoms with Gasteiger partial charge in [-0.1, -0.05) is 36.7 Å². The van der Waals surface area contributed by atoms with Gasteiger partial charge in [0.2, 0.25) is 5.91 Å². The molecule has 2 atom stereocenters. The van der Waals surface area contributed by atoms with Crippen LogP contribution in [0.3, 0.4) is 0 Å². The van der Waals surface area contributed by atoms with Gasteiger partial charge < -0.3 is 4.90 Å². The number of thioether (sulfide) groups is 1. The number of rotatable bonds is 4. The van der Waals surface area contributed by atoms with Crippen molar-refractivity contribution in [1.82, 2.24) is 0 Å². The molecule has 2 fully saturated rings. The van der Waals surface area contributed by atoms with Crippen molar-refractivity contribution >= 4 is 50.0 Å². The minimum atomic E-state index is -3.15. The first-order chi connectivity index (χ1) is 11.8. The lowest BCUT2D eigenvalue weighted by atomic mass is 10.2. The molecule has 136 valence electrons. The van der Waals surface area contributed by atoms with Crippen LogP contribution < -0.4 is 4.90 Å². The second-order valence-corrected chi connectivity index (χ2v) is 9.93. The highest BCUT2D eigenvalue weighted by atomic mass is 35.5. The quantitative estimate of drug-likeness (QED) is 0.770. The lowest BCUT2D eigenvalue weighted by Gasteiger charge is -2.24. The van der Waals surface area contributed by atoms with Crippen LogP contribution in [0.15, 0.2) is 23.2 Å². The fourth-order valence-corrected chi connectivity index (χ4v) is 7.04. The first-order valence-electron chi connectivity index (χ1n) is 8.03. The Morgan fingerprint density at radius 1 is 1.44 bits per heavy atom. The monoisotopic (exact) mass is 404 g/mol. The number of nitrogens with zero attached hydrogens (tertiary/aromatic N) is 2. The van der Waals surface area contributed by atoms with Crippen molar-refractivity contribution in [2.45, 2.75) is 37.5 Å². The third-order valence-electron chi connectivity index (χ3n) is 4.21. The minimum absolute atomic E-state index is 0.0105. The van der Waals surface area contributed by atoms with E-state index in [-0.39, 0.29) is 33.7 Å². The van der Waals surface area contributed by atoms with Gasteiger partial charge in [0, 0.05) is 17.4 Å². The topological polar surface area (TPSA) is 66.8 Å². The number of unbranched alkanes of at least 4 members (excludes halogenated alkanes) is 1. The highest BCUT2D eigenvalue weighted by Crippen LogP contribution is 2.41. The number of halogens is 2. The number of amides is 1. The number of hydrogen-bond donors (Lipinski definition) is 0. The van der Waals surface area contributed by atoms with Crippen LogP contribution in [0.25, 0.3) is 0 Å². The molecule has 2 aliphatic rings. The summed E-state index contributed by atoms with van der Waals surface area (Å²) in [6.45, 7) is 1.99. The van der Waals surface area contributed by atoms with Gasteiger partial charge in [-0.25, -0.2) is 12.8 Å². The molecule has 0 unspecified atom stereocenters. The minimum Gasteiger partial charge on any atom is -0.315 e. The van der Waals surface area contributed by atoms with E-state index in [0.717, 1.165) is 12.8 Å². The average Bonchev–Trinajstić information content (AvgIpc) is 2.99. The van der Waals surface area contributed by atoms with E-state index in [4.69, 9.17) is 11.6 Å². The molecule has 0 saturated carbocycles. The summed E-state index contributed by atoms with van der Waals surface area (Å²) in [7, 11) is -3.15. The molecule has 25 heavy (non-hydrogen) atoms. The summed E-state index contributed by atoms with van der Waals surface area (Å²) in [6.07, 6.45) is 1.98. The second-order valence-electron chi connectivity index (χ2n) is 6.16. The van der Waals surface area contributed by atoms with Gasteiger partial charge in [0.1, 0.15) is 5.82 Å². The number of aliphatic imine (C=N–C) groups is 1. The molecule has 5 nitrogen and oxygen atoms in total. The van der Waals surface area contributed by atoms with Gasteiger partial charge in [-0.05, 0) is 24.6 Å². The maximum atomic E-state index is 13.9. The van der Waals surface area contributed by atoms with Crippen LogP contribution in [-0.2, 0) is 14.6 Å². The number of anilines is 1.